The van der Waals surface area contributed by atoms with Crippen LogP contribution in [0.25, 0.3) is 0 Å². The Morgan fingerprint density at radius 3 is 2.44 bits per heavy atom. The Labute approximate surface area is 152 Å². The number of pyridine rings is 1. The van der Waals surface area contributed by atoms with E-state index in [-0.39, 0.29) is 27.0 Å². The summed E-state index contributed by atoms with van der Waals surface area (Å²) in [5, 5.41) is 12.0. The first kappa shape index (κ1) is 16.9. The lowest BCUT2D eigenvalue weighted by atomic mass is 10.2. The van der Waals surface area contributed by atoms with E-state index in [0.29, 0.717) is 5.69 Å². The van der Waals surface area contributed by atoms with Crippen LogP contribution in [0.15, 0.2) is 48.9 Å². The number of nitrogens with zero attached hydrogens (tertiary/aromatic N) is 2. The molecule has 0 aliphatic rings. The van der Waals surface area contributed by atoms with Gasteiger partial charge in [-0.3, -0.25) is 19.7 Å². The van der Waals surface area contributed by atoms with E-state index in [1.807, 2.05) is 0 Å². The molecule has 0 bridgehead atoms. The fourth-order valence-corrected chi connectivity index (χ4v) is 2.65. The number of rotatable bonds is 4. The minimum Gasteiger partial charge on any atom is -0.319 e. The second-order valence-corrected chi connectivity index (χ2v) is 5.71. The molecule has 9 heteroatoms. The third-order valence-electron chi connectivity index (χ3n) is 3.21. The largest absolute Gasteiger partial charge is 0.319 e. The quantitative estimate of drug-likeness (QED) is 0.648. The van der Waals surface area contributed by atoms with Gasteiger partial charge in [-0.2, -0.15) is 5.10 Å². The van der Waals surface area contributed by atoms with Gasteiger partial charge in [-0.05, 0) is 24.3 Å². The summed E-state index contributed by atoms with van der Waals surface area (Å²) in [6, 6.07) is 8.09. The van der Waals surface area contributed by atoms with Crippen molar-refractivity contribution in [1.82, 2.24) is 15.2 Å². The van der Waals surface area contributed by atoms with Crippen molar-refractivity contribution in [2.75, 3.05) is 10.6 Å². The maximum atomic E-state index is 12.4. The lowest BCUT2D eigenvalue weighted by molar-refractivity contribution is 0.102. The van der Waals surface area contributed by atoms with Crippen LogP contribution in [0.1, 0.15) is 20.8 Å². The molecule has 0 radical (unpaired) electrons. The van der Waals surface area contributed by atoms with Gasteiger partial charge in [0.1, 0.15) is 0 Å². The molecule has 2 aromatic heterocycles. The summed E-state index contributed by atoms with van der Waals surface area (Å²) in [6.07, 6.45) is 4.47. The molecule has 0 saturated heterocycles. The number of aromatic nitrogens is 3. The molecule has 0 unspecified atom stereocenters. The molecule has 0 spiro atoms. The average molecular weight is 376 g/mol. The number of benzene rings is 1. The lowest BCUT2D eigenvalue weighted by Crippen LogP contribution is -2.18. The molecule has 7 nitrogen and oxygen atoms in total. The summed E-state index contributed by atoms with van der Waals surface area (Å²) in [5.74, 6) is -1.05. The van der Waals surface area contributed by atoms with Crippen molar-refractivity contribution in [2.45, 2.75) is 0 Å². The highest BCUT2D eigenvalue weighted by atomic mass is 35.5. The Balaban J connectivity index is 1.80. The molecule has 3 N–H and O–H groups in total. The first-order chi connectivity index (χ1) is 12.1. The molecule has 126 valence electrons. The van der Waals surface area contributed by atoms with Gasteiger partial charge in [-0.15, -0.1) is 0 Å². The van der Waals surface area contributed by atoms with Crippen molar-refractivity contribution >= 4 is 46.4 Å². The normalized spacial score (nSPS) is 10.3. The first-order valence-corrected chi connectivity index (χ1v) is 7.82. The van der Waals surface area contributed by atoms with E-state index in [1.165, 1.54) is 12.4 Å². The maximum absolute atomic E-state index is 12.4. The van der Waals surface area contributed by atoms with Crippen molar-refractivity contribution in [1.29, 1.82) is 0 Å². The minimum absolute atomic E-state index is 0.0142. The van der Waals surface area contributed by atoms with Crippen LogP contribution in [0.3, 0.4) is 0 Å². The van der Waals surface area contributed by atoms with Crippen molar-refractivity contribution in [2.24, 2.45) is 0 Å². The number of H-pyrrole nitrogens is 1. The van der Waals surface area contributed by atoms with Crippen LogP contribution in [0.2, 0.25) is 10.0 Å². The number of anilines is 2. The van der Waals surface area contributed by atoms with Gasteiger partial charge in [0.05, 0.1) is 33.2 Å². The first-order valence-electron chi connectivity index (χ1n) is 7.07. The Hall–Kier alpha value is -2.90. The van der Waals surface area contributed by atoms with Gasteiger partial charge in [-0.1, -0.05) is 29.3 Å². The number of hydrogen-bond acceptors (Lipinski definition) is 4. The third kappa shape index (κ3) is 3.78. The standard InChI is InChI=1S/C16H11Cl2N5O2/c17-10-4-1-5-11(18)13(10)15(24)22-12-8-20-23-14(12)16(25)21-9-3-2-6-19-7-9/h1-8H,(H,20,23)(H,21,25)(H,22,24). The lowest BCUT2D eigenvalue weighted by Gasteiger charge is -2.08. The molecular weight excluding hydrogens is 365 g/mol. The highest BCUT2D eigenvalue weighted by molar-refractivity contribution is 6.40. The van der Waals surface area contributed by atoms with Crippen LogP contribution >= 0.6 is 23.2 Å². The Bertz CT molecular complexity index is 907. The van der Waals surface area contributed by atoms with E-state index in [2.05, 4.69) is 25.8 Å². The van der Waals surface area contributed by atoms with E-state index in [0.717, 1.165) is 0 Å². The third-order valence-corrected chi connectivity index (χ3v) is 3.84. The van der Waals surface area contributed by atoms with Crippen LogP contribution < -0.4 is 10.6 Å². The minimum atomic E-state index is -0.549. The molecule has 3 rings (SSSR count). The predicted molar refractivity (Wildman–Crippen MR) is 95.2 cm³/mol. The van der Waals surface area contributed by atoms with Crippen LogP contribution in [0.4, 0.5) is 11.4 Å². The Kier molecular flexibility index (Phi) is 4.97. The number of aromatic amines is 1. The highest BCUT2D eigenvalue weighted by Crippen LogP contribution is 2.25. The number of amides is 2. The zero-order valence-electron chi connectivity index (χ0n) is 12.6. The van der Waals surface area contributed by atoms with Crippen molar-refractivity contribution < 1.29 is 9.59 Å². The predicted octanol–water partition coefficient (Wildman–Crippen LogP) is 3.62. The molecular formula is C16H11Cl2N5O2. The molecule has 0 aliphatic carbocycles. The van der Waals surface area contributed by atoms with E-state index in [4.69, 9.17) is 23.2 Å². The summed E-state index contributed by atoms with van der Waals surface area (Å²) in [6.45, 7) is 0. The molecule has 0 saturated carbocycles. The van der Waals surface area contributed by atoms with Crippen molar-refractivity contribution in [3.63, 3.8) is 0 Å². The number of halogens is 2. The monoisotopic (exact) mass is 375 g/mol. The van der Waals surface area contributed by atoms with Gasteiger partial charge >= 0.3 is 0 Å². The number of hydrogen-bond donors (Lipinski definition) is 3. The highest BCUT2D eigenvalue weighted by Gasteiger charge is 2.20. The number of carbonyl (C=O) groups is 2. The molecule has 0 fully saturated rings. The van der Waals surface area contributed by atoms with E-state index < -0.39 is 11.8 Å². The molecule has 3 aromatic rings. The molecule has 0 atom stereocenters. The van der Waals surface area contributed by atoms with Crippen LogP contribution in [0.5, 0.6) is 0 Å². The van der Waals surface area contributed by atoms with Gasteiger partial charge in [0, 0.05) is 12.4 Å². The SMILES string of the molecule is O=C(Nc1cccnc1)c1n[nH]cc1NC(=O)c1c(Cl)cccc1Cl. The van der Waals surface area contributed by atoms with E-state index >= 15 is 0 Å². The van der Waals surface area contributed by atoms with Crippen LogP contribution in [0, 0.1) is 0 Å². The van der Waals surface area contributed by atoms with Crippen molar-refractivity contribution in [3.8, 4) is 0 Å². The number of nitrogens with one attached hydrogen (secondary N) is 3. The molecule has 0 aliphatic heterocycles. The number of carbonyl (C=O) groups excluding carboxylic acids is 2. The van der Waals surface area contributed by atoms with Gasteiger partial charge in [-0.25, -0.2) is 0 Å². The fraction of sp³-hybridized carbons (Fsp3) is 0. The maximum Gasteiger partial charge on any atom is 0.278 e. The van der Waals surface area contributed by atoms with Gasteiger partial charge in [0.15, 0.2) is 5.69 Å². The summed E-state index contributed by atoms with van der Waals surface area (Å²) in [4.78, 5) is 28.7. The molecule has 1 aromatic carbocycles. The zero-order valence-corrected chi connectivity index (χ0v) is 14.1. The molecule has 25 heavy (non-hydrogen) atoms. The van der Waals surface area contributed by atoms with Gasteiger partial charge in [0.2, 0.25) is 0 Å². The van der Waals surface area contributed by atoms with Crippen LogP contribution in [-0.2, 0) is 0 Å². The Morgan fingerprint density at radius 2 is 1.76 bits per heavy atom. The van der Waals surface area contributed by atoms with E-state index in [9.17, 15) is 9.59 Å². The summed E-state index contributed by atoms with van der Waals surface area (Å²) in [7, 11) is 0. The van der Waals surface area contributed by atoms with Crippen LogP contribution in [-0.4, -0.2) is 27.0 Å². The van der Waals surface area contributed by atoms with Gasteiger partial charge in [0.25, 0.3) is 11.8 Å². The second-order valence-electron chi connectivity index (χ2n) is 4.89. The summed E-state index contributed by atoms with van der Waals surface area (Å²) < 4.78 is 0. The smallest absolute Gasteiger partial charge is 0.278 e. The van der Waals surface area contributed by atoms with Crippen molar-refractivity contribution in [3.05, 3.63) is 70.2 Å². The van der Waals surface area contributed by atoms with E-state index in [1.54, 1.807) is 36.5 Å². The summed E-state index contributed by atoms with van der Waals surface area (Å²) >= 11 is 12.0. The molecule has 2 heterocycles. The topological polar surface area (TPSA) is 99.8 Å². The summed E-state index contributed by atoms with van der Waals surface area (Å²) in [5.41, 5.74) is 0.829. The second kappa shape index (κ2) is 7.33. The molecule has 2 amide bonds. The fourth-order valence-electron chi connectivity index (χ4n) is 2.08. The zero-order chi connectivity index (χ0) is 17.8. The van der Waals surface area contributed by atoms with Gasteiger partial charge < -0.3 is 10.6 Å². The average Bonchev–Trinajstić information content (AvgIpc) is 3.04. The Morgan fingerprint density at radius 1 is 1.00 bits per heavy atom.